The molecular formula is C17H23F7O2Ti-6. The van der Waals surface area contributed by atoms with E-state index in [2.05, 4.69) is 12.2 Å². The van der Waals surface area contributed by atoms with Gasteiger partial charge in [0.05, 0.1) is 0 Å². The zero-order chi connectivity index (χ0) is 14.6. The molecule has 2 rings (SSSR count). The SMILES string of the molecule is F.F.O=C(O)c1c(F)c(F)c(F)c(F)c1F.[C-]1=CC=CC1.[CH3-].[CH3-].[CH3-].[CH3-].[CH3-].[Ti]. The molecule has 0 aromatic heterocycles. The van der Waals surface area contributed by atoms with Crippen molar-refractivity contribution >= 4 is 5.97 Å². The maximum Gasteiger partial charge on any atom is 0.341 e. The van der Waals surface area contributed by atoms with Gasteiger partial charge in [-0.3, -0.25) is 15.5 Å². The monoisotopic (exact) mass is 440 g/mol. The van der Waals surface area contributed by atoms with Crippen LogP contribution in [-0.4, -0.2) is 11.1 Å². The van der Waals surface area contributed by atoms with Gasteiger partial charge in [-0.15, -0.1) is 6.42 Å². The zero-order valence-corrected chi connectivity index (χ0v) is 17.1. The summed E-state index contributed by atoms with van der Waals surface area (Å²) in [5.74, 6) is -13.9. The van der Waals surface area contributed by atoms with Crippen molar-refractivity contribution in [3.8, 4) is 0 Å². The standard InChI is InChI=1S/C7HF5O2.C5H5.5CH3.2FH.Ti/c8-2-1(7(13)14)3(9)5(11)6(12)4(2)10;1-2-4-5-3-1;;;;;;;;/h(H,13,14);1-3H,4H2;5*1H3;2*1H;/q;6*-1;;;. The first kappa shape index (κ1) is 49.9. The van der Waals surface area contributed by atoms with Crippen LogP contribution < -0.4 is 0 Å². The van der Waals surface area contributed by atoms with Crippen LogP contribution in [0, 0.1) is 72.3 Å². The van der Waals surface area contributed by atoms with Crippen molar-refractivity contribution in [3.05, 3.63) is 96.1 Å². The van der Waals surface area contributed by atoms with Gasteiger partial charge in [0.1, 0.15) is 5.56 Å². The van der Waals surface area contributed by atoms with E-state index in [4.69, 9.17) is 5.11 Å². The number of hydrogen-bond acceptors (Lipinski definition) is 1. The molecule has 1 aromatic rings. The average molecular weight is 440 g/mol. The molecular weight excluding hydrogens is 417 g/mol. The van der Waals surface area contributed by atoms with Crippen molar-refractivity contribution in [3.63, 3.8) is 0 Å². The van der Waals surface area contributed by atoms with Gasteiger partial charge in [0, 0.05) is 21.7 Å². The Labute approximate surface area is 171 Å². The molecule has 1 aromatic carbocycles. The Morgan fingerprint density at radius 3 is 1.33 bits per heavy atom. The van der Waals surface area contributed by atoms with Gasteiger partial charge in [0.15, 0.2) is 23.3 Å². The molecule has 162 valence electrons. The number of hydrogen-bond donors (Lipinski definition) is 1. The molecule has 27 heavy (non-hydrogen) atoms. The van der Waals surface area contributed by atoms with Gasteiger partial charge < -0.3 is 42.2 Å². The van der Waals surface area contributed by atoms with E-state index in [1.807, 2.05) is 12.2 Å². The second-order valence-electron chi connectivity index (χ2n) is 3.25. The van der Waals surface area contributed by atoms with Gasteiger partial charge in [-0.05, 0) is 0 Å². The number of carboxylic acids is 1. The van der Waals surface area contributed by atoms with Crippen molar-refractivity contribution in [1.29, 1.82) is 0 Å². The van der Waals surface area contributed by atoms with Gasteiger partial charge in [0.2, 0.25) is 5.82 Å². The Bertz CT molecular complexity index is 538. The van der Waals surface area contributed by atoms with Gasteiger partial charge >= 0.3 is 5.97 Å². The third-order valence-electron chi connectivity index (χ3n) is 2.01. The fourth-order valence-electron chi connectivity index (χ4n) is 1.13. The summed E-state index contributed by atoms with van der Waals surface area (Å²) in [5.41, 5.74) is -1.86. The molecule has 1 N–H and O–H groups in total. The summed E-state index contributed by atoms with van der Waals surface area (Å²) in [4.78, 5) is 10.1. The van der Waals surface area contributed by atoms with Crippen LogP contribution in [0.5, 0.6) is 0 Å². The molecule has 0 unspecified atom stereocenters. The molecule has 0 fully saturated rings. The van der Waals surface area contributed by atoms with Gasteiger partial charge in [0.25, 0.3) is 0 Å². The molecule has 2 nitrogen and oxygen atoms in total. The van der Waals surface area contributed by atoms with Gasteiger partial charge in [-0.1, -0.05) is 0 Å². The Morgan fingerprint density at radius 2 is 1.15 bits per heavy atom. The Balaban J connectivity index is -0.0000000413. The smallest absolute Gasteiger partial charge is 0.341 e. The molecule has 1 aliphatic carbocycles. The van der Waals surface area contributed by atoms with Crippen LogP contribution in [0.1, 0.15) is 16.8 Å². The van der Waals surface area contributed by atoms with Crippen molar-refractivity contribution in [2.24, 2.45) is 0 Å². The van der Waals surface area contributed by atoms with E-state index in [0.29, 0.717) is 0 Å². The second-order valence-corrected chi connectivity index (χ2v) is 3.25. The minimum absolute atomic E-state index is 0. The number of halogens is 7. The van der Waals surface area contributed by atoms with Crippen LogP contribution in [0.3, 0.4) is 0 Å². The van der Waals surface area contributed by atoms with Crippen molar-refractivity contribution in [2.75, 3.05) is 0 Å². The first-order chi connectivity index (χ1) is 8.87. The summed E-state index contributed by atoms with van der Waals surface area (Å²) in [5, 5.41) is 8.15. The zero-order valence-electron chi connectivity index (χ0n) is 15.5. The number of allylic oxidation sites excluding steroid dienone is 4. The minimum Gasteiger partial charge on any atom is -0.477 e. The number of benzene rings is 1. The number of carbonyl (C=O) groups is 1. The second kappa shape index (κ2) is 22.4. The topological polar surface area (TPSA) is 37.3 Å². The molecule has 0 radical (unpaired) electrons. The van der Waals surface area contributed by atoms with Crippen molar-refractivity contribution in [2.45, 2.75) is 6.42 Å². The molecule has 10 heteroatoms. The maximum atomic E-state index is 12.6. The van der Waals surface area contributed by atoms with E-state index < -0.39 is 40.6 Å². The molecule has 0 saturated heterocycles. The largest absolute Gasteiger partial charge is 0.477 e. The van der Waals surface area contributed by atoms with Gasteiger partial charge in [-0.25, -0.2) is 38.9 Å². The summed E-state index contributed by atoms with van der Waals surface area (Å²) >= 11 is 0. The molecule has 0 aliphatic heterocycles. The first-order valence-corrected chi connectivity index (χ1v) is 4.84. The normalized spacial score (nSPS) is 8.63. The molecule has 0 heterocycles. The predicted molar refractivity (Wildman–Crippen MR) is 91.8 cm³/mol. The summed E-state index contributed by atoms with van der Waals surface area (Å²) in [6.45, 7) is 0. The Morgan fingerprint density at radius 1 is 0.815 bits per heavy atom. The van der Waals surface area contributed by atoms with Gasteiger partial charge in [-0.2, -0.15) is 6.08 Å². The van der Waals surface area contributed by atoms with E-state index in [0.717, 1.165) is 6.42 Å². The Kier molecular flexibility index (Phi) is 41.5. The minimum atomic E-state index is -2.38. The maximum absolute atomic E-state index is 12.6. The van der Waals surface area contributed by atoms with E-state index >= 15 is 0 Å². The summed E-state index contributed by atoms with van der Waals surface area (Å²) in [6, 6.07) is 0. The first-order valence-electron chi connectivity index (χ1n) is 4.84. The number of rotatable bonds is 1. The van der Waals surface area contributed by atoms with Crippen molar-refractivity contribution in [1.82, 2.24) is 0 Å². The molecule has 0 saturated carbocycles. The number of aromatic carboxylic acids is 1. The molecule has 1 aliphatic rings. The third-order valence-corrected chi connectivity index (χ3v) is 2.01. The number of carboxylic acid groups (broad SMARTS) is 1. The summed E-state index contributed by atoms with van der Waals surface area (Å²) < 4.78 is 62.1. The van der Waals surface area contributed by atoms with Crippen LogP contribution in [0.2, 0.25) is 0 Å². The van der Waals surface area contributed by atoms with Crippen LogP contribution in [0.25, 0.3) is 0 Å². The van der Waals surface area contributed by atoms with E-state index in [1.165, 1.54) is 0 Å². The fraction of sp³-hybridized carbons (Fsp3) is 0.0588. The summed E-state index contributed by atoms with van der Waals surface area (Å²) in [7, 11) is 0. The quantitative estimate of drug-likeness (QED) is 0.193. The van der Waals surface area contributed by atoms with E-state index in [-0.39, 0.29) is 68.3 Å². The van der Waals surface area contributed by atoms with Crippen LogP contribution in [0.4, 0.5) is 31.4 Å². The Hall–Kier alpha value is -1.61. The molecule has 0 atom stereocenters. The fourth-order valence-corrected chi connectivity index (χ4v) is 1.13. The molecule has 0 spiro atoms. The van der Waals surface area contributed by atoms with Crippen LogP contribution in [-0.2, 0) is 21.7 Å². The van der Waals surface area contributed by atoms with Crippen LogP contribution >= 0.6 is 0 Å². The third kappa shape index (κ3) is 12.4. The molecule has 0 amide bonds. The summed E-state index contributed by atoms with van der Waals surface area (Å²) in [6.07, 6.45) is 10.0. The van der Waals surface area contributed by atoms with Crippen LogP contribution in [0.15, 0.2) is 18.2 Å². The predicted octanol–water partition coefficient (Wildman–Crippen LogP) is 5.94. The van der Waals surface area contributed by atoms with E-state index in [9.17, 15) is 26.7 Å². The van der Waals surface area contributed by atoms with E-state index in [1.54, 1.807) is 0 Å². The van der Waals surface area contributed by atoms with Crippen molar-refractivity contribution < 1.29 is 63.0 Å². The average Bonchev–Trinajstić information content (AvgIpc) is 2.93. The molecule has 0 bridgehead atoms.